The van der Waals surface area contributed by atoms with Crippen molar-refractivity contribution in [1.82, 2.24) is 0 Å². The van der Waals surface area contributed by atoms with Gasteiger partial charge in [-0.1, -0.05) is 18.2 Å². The predicted molar refractivity (Wildman–Crippen MR) is 103 cm³/mol. The standard InChI is InChI=1S/C19H17BrN2O5/c1-12-6-7-14(13(20)8-12)21-17(23)10-27-19(25)9-22-15-4-2-3-5-16(15)26-11-18(22)24/h2-8H,9-11H2,1H3,(H,21,23). The number of hydrogen-bond donors (Lipinski definition) is 1. The van der Waals surface area contributed by atoms with Gasteiger partial charge in [0.25, 0.3) is 11.8 Å². The second-order valence-electron chi connectivity index (χ2n) is 5.93. The van der Waals surface area contributed by atoms with E-state index < -0.39 is 18.5 Å². The van der Waals surface area contributed by atoms with Crippen molar-refractivity contribution < 1.29 is 23.9 Å². The van der Waals surface area contributed by atoms with Crippen LogP contribution >= 0.6 is 15.9 Å². The summed E-state index contributed by atoms with van der Waals surface area (Å²) < 4.78 is 11.1. The summed E-state index contributed by atoms with van der Waals surface area (Å²) in [6.45, 7) is 1.05. The van der Waals surface area contributed by atoms with Crippen LogP contribution in [0.3, 0.4) is 0 Å². The van der Waals surface area contributed by atoms with Crippen molar-refractivity contribution in [2.24, 2.45) is 0 Å². The molecule has 2 aromatic rings. The van der Waals surface area contributed by atoms with E-state index in [1.165, 1.54) is 4.90 Å². The summed E-state index contributed by atoms with van der Waals surface area (Å²) in [5.41, 5.74) is 2.12. The maximum Gasteiger partial charge on any atom is 0.326 e. The first-order valence-corrected chi connectivity index (χ1v) is 8.97. The third-order valence-corrected chi connectivity index (χ3v) is 4.51. The highest BCUT2D eigenvalue weighted by Crippen LogP contribution is 2.31. The summed E-state index contributed by atoms with van der Waals surface area (Å²) in [6.07, 6.45) is 0. The van der Waals surface area contributed by atoms with Gasteiger partial charge in [0.05, 0.1) is 11.4 Å². The van der Waals surface area contributed by atoms with E-state index in [-0.39, 0.29) is 19.1 Å². The molecule has 140 valence electrons. The molecule has 0 atom stereocenters. The predicted octanol–water partition coefficient (Wildman–Crippen LogP) is 2.66. The van der Waals surface area contributed by atoms with Crippen LogP contribution in [0.1, 0.15) is 5.56 Å². The monoisotopic (exact) mass is 432 g/mol. The number of ether oxygens (including phenoxy) is 2. The molecule has 27 heavy (non-hydrogen) atoms. The zero-order valence-electron chi connectivity index (χ0n) is 14.5. The Kier molecular flexibility index (Phi) is 5.75. The van der Waals surface area contributed by atoms with E-state index in [0.29, 0.717) is 17.1 Å². The van der Waals surface area contributed by atoms with Crippen molar-refractivity contribution in [3.63, 3.8) is 0 Å². The number of aryl methyl sites for hydroxylation is 1. The number of carbonyl (C=O) groups excluding carboxylic acids is 3. The Morgan fingerprint density at radius 3 is 2.81 bits per heavy atom. The van der Waals surface area contributed by atoms with Crippen LogP contribution in [0.15, 0.2) is 46.9 Å². The van der Waals surface area contributed by atoms with Gasteiger partial charge < -0.3 is 14.8 Å². The number of benzene rings is 2. The molecule has 1 aliphatic rings. The van der Waals surface area contributed by atoms with Crippen molar-refractivity contribution in [2.45, 2.75) is 6.92 Å². The van der Waals surface area contributed by atoms with Gasteiger partial charge in [-0.15, -0.1) is 0 Å². The van der Waals surface area contributed by atoms with Gasteiger partial charge in [-0.25, -0.2) is 0 Å². The van der Waals surface area contributed by atoms with Crippen LogP contribution < -0.4 is 15.0 Å². The molecule has 1 N–H and O–H groups in total. The molecule has 2 aromatic carbocycles. The van der Waals surface area contributed by atoms with Gasteiger partial charge in [0.1, 0.15) is 12.3 Å². The van der Waals surface area contributed by atoms with Crippen LogP contribution in [-0.4, -0.2) is 37.5 Å². The third kappa shape index (κ3) is 4.65. The molecule has 8 heteroatoms. The van der Waals surface area contributed by atoms with Crippen LogP contribution in [0.25, 0.3) is 0 Å². The van der Waals surface area contributed by atoms with E-state index in [4.69, 9.17) is 9.47 Å². The summed E-state index contributed by atoms with van der Waals surface area (Å²) in [6, 6.07) is 12.4. The van der Waals surface area contributed by atoms with Crippen LogP contribution in [-0.2, 0) is 19.1 Å². The number of nitrogens with zero attached hydrogens (tertiary/aromatic N) is 1. The molecule has 0 aliphatic carbocycles. The lowest BCUT2D eigenvalue weighted by Gasteiger charge is -2.28. The Labute approximate surface area is 164 Å². The minimum Gasteiger partial charge on any atom is -0.482 e. The van der Waals surface area contributed by atoms with Gasteiger partial charge in [0, 0.05) is 4.47 Å². The Morgan fingerprint density at radius 1 is 1.26 bits per heavy atom. The Hall–Kier alpha value is -2.87. The lowest BCUT2D eigenvalue weighted by Crippen LogP contribution is -2.42. The molecule has 0 unspecified atom stereocenters. The zero-order valence-corrected chi connectivity index (χ0v) is 16.1. The van der Waals surface area contributed by atoms with Crippen molar-refractivity contribution in [3.8, 4) is 5.75 Å². The molecule has 0 saturated carbocycles. The SMILES string of the molecule is Cc1ccc(NC(=O)COC(=O)CN2C(=O)COc3ccccc32)c(Br)c1. The van der Waals surface area contributed by atoms with E-state index >= 15 is 0 Å². The van der Waals surface area contributed by atoms with Crippen LogP contribution in [0, 0.1) is 6.92 Å². The molecule has 0 bridgehead atoms. The largest absolute Gasteiger partial charge is 0.482 e. The first kappa shape index (κ1) is 18.9. The molecular formula is C19H17BrN2O5. The topological polar surface area (TPSA) is 84.9 Å². The molecule has 0 aromatic heterocycles. The fourth-order valence-electron chi connectivity index (χ4n) is 2.56. The number of esters is 1. The molecule has 0 radical (unpaired) electrons. The van der Waals surface area contributed by atoms with Gasteiger partial charge in [-0.05, 0) is 52.7 Å². The molecule has 0 saturated heterocycles. The first-order valence-electron chi connectivity index (χ1n) is 8.18. The normalized spacial score (nSPS) is 12.8. The number of carbonyl (C=O) groups is 3. The number of rotatable bonds is 5. The van der Waals surface area contributed by atoms with Crippen LogP contribution in [0.5, 0.6) is 5.75 Å². The highest BCUT2D eigenvalue weighted by atomic mass is 79.9. The first-order chi connectivity index (χ1) is 12.9. The highest BCUT2D eigenvalue weighted by molar-refractivity contribution is 9.10. The summed E-state index contributed by atoms with van der Waals surface area (Å²) in [4.78, 5) is 37.4. The number of para-hydroxylation sites is 2. The van der Waals surface area contributed by atoms with Crippen molar-refractivity contribution in [1.29, 1.82) is 0 Å². The second kappa shape index (κ2) is 8.22. The number of nitrogens with one attached hydrogen (secondary N) is 1. The third-order valence-electron chi connectivity index (χ3n) is 3.86. The van der Waals surface area contributed by atoms with E-state index in [2.05, 4.69) is 21.2 Å². The van der Waals surface area contributed by atoms with Crippen LogP contribution in [0.4, 0.5) is 11.4 Å². The minimum atomic E-state index is -0.682. The maximum absolute atomic E-state index is 12.1. The highest BCUT2D eigenvalue weighted by Gasteiger charge is 2.27. The van der Waals surface area contributed by atoms with Crippen molar-refractivity contribution in [3.05, 3.63) is 52.5 Å². The van der Waals surface area contributed by atoms with Gasteiger partial charge in [0.15, 0.2) is 13.2 Å². The smallest absolute Gasteiger partial charge is 0.326 e. The summed E-state index contributed by atoms with van der Waals surface area (Å²) in [5.74, 6) is -0.981. The summed E-state index contributed by atoms with van der Waals surface area (Å²) in [5, 5.41) is 2.66. The van der Waals surface area contributed by atoms with E-state index in [0.717, 1.165) is 10.0 Å². The molecule has 2 amide bonds. The molecule has 3 rings (SSSR count). The molecule has 1 heterocycles. The van der Waals surface area contributed by atoms with E-state index in [1.54, 1.807) is 30.3 Å². The maximum atomic E-state index is 12.1. The fraction of sp³-hybridized carbons (Fsp3) is 0.211. The molecule has 7 nitrogen and oxygen atoms in total. The number of hydrogen-bond acceptors (Lipinski definition) is 5. The number of fused-ring (bicyclic) bond motifs is 1. The number of anilines is 2. The van der Waals surface area contributed by atoms with Crippen LogP contribution in [0.2, 0.25) is 0 Å². The van der Waals surface area contributed by atoms with Gasteiger partial charge in [-0.3, -0.25) is 19.3 Å². The molecular weight excluding hydrogens is 416 g/mol. The molecule has 0 spiro atoms. The second-order valence-corrected chi connectivity index (χ2v) is 6.78. The van der Waals surface area contributed by atoms with Gasteiger partial charge in [0.2, 0.25) is 0 Å². The van der Waals surface area contributed by atoms with E-state index in [9.17, 15) is 14.4 Å². The average molecular weight is 433 g/mol. The van der Waals surface area contributed by atoms with Crippen molar-refractivity contribution >= 4 is 45.1 Å². The van der Waals surface area contributed by atoms with Crippen molar-refractivity contribution in [2.75, 3.05) is 30.0 Å². The Balaban J connectivity index is 1.55. The van der Waals surface area contributed by atoms with Gasteiger partial charge >= 0.3 is 5.97 Å². The Morgan fingerprint density at radius 2 is 2.04 bits per heavy atom. The molecule has 0 fully saturated rings. The Bertz CT molecular complexity index is 899. The lowest BCUT2D eigenvalue weighted by atomic mass is 10.2. The average Bonchev–Trinajstić information content (AvgIpc) is 2.65. The summed E-state index contributed by atoms with van der Waals surface area (Å²) >= 11 is 3.36. The zero-order chi connectivity index (χ0) is 19.4. The molecule has 1 aliphatic heterocycles. The quantitative estimate of drug-likeness (QED) is 0.734. The number of halogens is 1. The van der Waals surface area contributed by atoms with E-state index in [1.807, 2.05) is 19.1 Å². The van der Waals surface area contributed by atoms with Gasteiger partial charge in [-0.2, -0.15) is 0 Å². The number of amides is 2. The lowest BCUT2D eigenvalue weighted by molar-refractivity contribution is -0.146. The summed E-state index contributed by atoms with van der Waals surface area (Å²) in [7, 11) is 0. The minimum absolute atomic E-state index is 0.147. The fourth-order valence-corrected chi connectivity index (χ4v) is 3.15.